The van der Waals surface area contributed by atoms with Gasteiger partial charge in [-0.3, -0.25) is 4.57 Å². The van der Waals surface area contributed by atoms with Gasteiger partial charge in [0.25, 0.3) is 0 Å². The molecule has 0 saturated heterocycles. The highest BCUT2D eigenvalue weighted by atomic mass is 35.5. The number of nitrogens with zero attached hydrogens (tertiary/aromatic N) is 4. The molecule has 0 aliphatic heterocycles. The zero-order valence-corrected chi connectivity index (χ0v) is 17.3. The summed E-state index contributed by atoms with van der Waals surface area (Å²) in [7, 11) is 0. The maximum Gasteiger partial charge on any atom is 0.197 e. The zero-order chi connectivity index (χ0) is 19.6. The molecule has 0 bridgehead atoms. The van der Waals surface area contributed by atoms with Crippen molar-refractivity contribution in [2.75, 3.05) is 0 Å². The predicted octanol–water partition coefficient (Wildman–Crippen LogP) is 5.89. The van der Waals surface area contributed by atoms with E-state index in [9.17, 15) is 5.26 Å². The lowest BCUT2D eigenvalue weighted by Gasteiger charge is -2.19. The summed E-state index contributed by atoms with van der Waals surface area (Å²) in [6.45, 7) is 8.40. The second-order valence-corrected chi connectivity index (χ2v) is 9.02. The predicted molar refractivity (Wildman–Crippen MR) is 111 cm³/mol. The fraction of sp³-hybridized carbons (Fsp3) is 0.286. The van der Waals surface area contributed by atoms with Gasteiger partial charge in [0, 0.05) is 5.56 Å². The highest BCUT2D eigenvalue weighted by molar-refractivity contribution is 8.00. The third-order valence-corrected chi connectivity index (χ3v) is 5.45. The third-order valence-electron chi connectivity index (χ3n) is 4.20. The first-order valence-electron chi connectivity index (χ1n) is 8.69. The van der Waals surface area contributed by atoms with Crippen LogP contribution in [0.5, 0.6) is 0 Å². The van der Waals surface area contributed by atoms with E-state index in [0.29, 0.717) is 16.0 Å². The molecule has 138 valence electrons. The summed E-state index contributed by atoms with van der Waals surface area (Å²) in [6, 6.07) is 18.2. The minimum absolute atomic E-state index is 0.0815. The summed E-state index contributed by atoms with van der Waals surface area (Å²) in [6.07, 6.45) is 0. The van der Waals surface area contributed by atoms with Crippen molar-refractivity contribution in [2.24, 2.45) is 0 Å². The molecule has 0 saturated carbocycles. The average molecular weight is 397 g/mol. The van der Waals surface area contributed by atoms with Crippen LogP contribution in [0.2, 0.25) is 5.02 Å². The number of hydrogen-bond acceptors (Lipinski definition) is 4. The normalized spacial score (nSPS) is 12.6. The molecule has 3 aromatic rings. The molecule has 0 aliphatic carbocycles. The average Bonchev–Trinajstić information content (AvgIpc) is 3.04. The summed E-state index contributed by atoms with van der Waals surface area (Å²) in [4.78, 5) is 0. The van der Waals surface area contributed by atoms with E-state index < -0.39 is 0 Å². The fourth-order valence-electron chi connectivity index (χ4n) is 2.69. The summed E-state index contributed by atoms with van der Waals surface area (Å²) in [5, 5.41) is 18.9. The van der Waals surface area contributed by atoms with Gasteiger partial charge in [-0.05, 0) is 30.0 Å². The van der Waals surface area contributed by atoms with Crippen molar-refractivity contribution in [3.63, 3.8) is 0 Å². The summed E-state index contributed by atoms with van der Waals surface area (Å²) < 4.78 is 1.92. The van der Waals surface area contributed by atoms with E-state index in [4.69, 9.17) is 11.6 Å². The van der Waals surface area contributed by atoms with E-state index >= 15 is 0 Å². The molecule has 0 aliphatic rings. The molecule has 6 heteroatoms. The summed E-state index contributed by atoms with van der Waals surface area (Å²) in [5.41, 5.74) is 3.08. The van der Waals surface area contributed by atoms with E-state index in [1.165, 1.54) is 17.3 Å². The first-order valence-corrected chi connectivity index (χ1v) is 9.94. The lowest BCUT2D eigenvalue weighted by atomic mass is 9.87. The highest BCUT2D eigenvalue weighted by Gasteiger charge is 2.20. The minimum Gasteiger partial charge on any atom is -0.268 e. The number of thioether (sulfide) groups is 1. The topological polar surface area (TPSA) is 54.5 Å². The largest absolute Gasteiger partial charge is 0.268 e. The van der Waals surface area contributed by atoms with E-state index in [2.05, 4.69) is 61.3 Å². The standard InChI is InChI=1S/C21H21ClN4S/c1-14(13-23)27-20-25-24-19(26(20)18-8-6-5-7-17(18)22)15-9-11-16(12-10-15)21(2,3)4/h5-12,14H,1-4H3. The molecule has 0 N–H and O–H groups in total. The zero-order valence-electron chi connectivity index (χ0n) is 15.8. The lowest BCUT2D eigenvalue weighted by Crippen LogP contribution is -2.10. The molecular weight excluding hydrogens is 376 g/mol. The van der Waals surface area contributed by atoms with Gasteiger partial charge >= 0.3 is 0 Å². The van der Waals surface area contributed by atoms with Crippen molar-refractivity contribution < 1.29 is 0 Å². The first kappa shape index (κ1) is 19.5. The van der Waals surface area contributed by atoms with Gasteiger partial charge in [-0.25, -0.2) is 0 Å². The summed E-state index contributed by atoms with van der Waals surface area (Å²) >= 11 is 7.82. The molecule has 0 radical (unpaired) electrons. The van der Waals surface area contributed by atoms with E-state index in [1.54, 1.807) is 0 Å². The number of nitriles is 1. The van der Waals surface area contributed by atoms with Crippen LogP contribution in [0.25, 0.3) is 17.1 Å². The van der Waals surface area contributed by atoms with Gasteiger partial charge < -0.3 is 0 Å². The smallest absolute Gasteiger partial charge is 0.197 e. The fourth-order valence-corrected chi connectivity index (χ4v) is 3.65. The van der Waals surface area contributed by atoms with Gasteiger partial charge in [-0.1, -0.05) is 80.5 Å². The van der Waals surface area contributed by atoms with Crippen LogP contribution in [-0.2, 0) is 5.41 Å². The quantitative estimate of drug-likeness (QED) is 0.516. The van der Waals surface area contributed by atoms with Crippen molar-refractivity contribution in [3.8, 4) is 23.1 Å². The molecule has 1 aromatic heterocycles. The molecule has 27 heavy (non-hydrogen) atoms. The summed E-state index contributed by atoms with van der Waals surface area (Å²) in [5.74, 6) is 0.705. The van der Waals surface area contributed by atoms with E-state index in [1.807, 2.05) is 35.8 Å². The number of benzene rings is 2. The third kappa shape index (κ3) is 4.18. The molecule has 1 atom stereocenters. The Morgan fingerprint density at radius 1 is 1.07 bits per heavy atom. The Bertz CT molecular complexity index is 981. The van der Waals surface area contributed by atoms with Crippen LogP contribution in [-0.4, -0.2) is 20.0 Å². The second kappa shape index (κ2) is 7.75. The second-order valence-electron chi connectivity index (χ2n) is 7.31. The molecule has 0 fully saturated rings. The maximum absolute atomic E-state index is 9.19. The Morgan fingerprint density at radius 3 is 2.33 bits per heavy atom. The van der Waals surface area contributed by atoms with Gasteiger partial charge in [-0.2, -0.15) is 5.26 Å². The van der Waals surface area contributed by atoms with Crippen LogP contribution in [0.15, 0.2) is 53.7 Å². The lowest BCUT2D eigenvalue weighted by molar-refractivity contribution is 0.590. The Labute approximate surface area is 169 Å². The van der Waals surface area contributed by atoms with E-state index in [0.717, 1.165) is 11.3 Å². The van der Waals surface area contributed by atoms with Gasteiger partial charge in [0.05, 0.1) is 22.0 Å². The Morgan fingerprint density at radius 2 is 1.74 bits per heavy atom. The Balaban J connectivity index is 2.14. The van der Waals surface area contributed by atoms with Crippen molar-refractivity contribution in [2.45, 2.75) is 43.5 Å². The number of aromatic nitrogens is 3. The highest BCUT2D eigenvalue weighted by Crippen LogP contribution is 2.33. The van der Waals surface area contributed by atoms with Crippen LogP contribution in [0.4, 0.5) is 0 Å². The first-order chi connectivity index (χ1) is 12.8. The van der Waals surface area contributed by atoms with Gasteiger partial charge in [0.1, 0.15) is 0 Å². The number of hydrogen-bond donors (Lipinski definition) is 0. The minimum atomic E-state index is -0.244. The van der Waals surface area contributed by atoms with Gasteiger partial charge in [0.15, 0.2) is 11.0 Å². The monoisotopic (exact) mass is 396 g/mol. The Kier molecular flexibility index (Phi) is 5.59. The van der Waals surface area contributed by atoms with Crippen LogP contribution < -0.4 is 0 Å². The van der Waals surface area contributed by atoms with Crippen LogP contribution in [0.1, 0.15) is 33.3 Å². The molecule has 1 unspecified atom stereocenters. The van der Waals surface area contributed by atoms with E-state index in [-0.39, 0.29) is 10.7 Å². The molecule has 0 amide bonds. The van der Waals surface area contributed by atoms with Crippen molar-refractivity contribution in [1.82, 2.24) is 14.8 Å². The molecule has 4 nitrogen and oxygen atoms in total. The molecular formula is C21H21ClN4S. The SMILES string of the molecule is CC(C#N)Sc1nnc(-c2ccc(C(C)(C)C)cc2)n1-c1ccccc1Cl. The number of halogens is 1. The molecule has 0 spiro atoms. The number of rotatable bonds is 4. The molecule has 1 heterocycles. The van der Waals surface area contributed by atoms with Crippen molar-refractivity contribution in [3.05, 3.63) is 59.1 Å². The maximum atomic E-state index is 9.19. The Hall–Kier alpha value is -2.29. The molecule has 3 rings (SSSR count). The van der Waals surface area contributed by atoms with Crippen LogP contribution >= 0.6 is 23.4 Å². The molecule has 2 aromatic carbocycles. The van der Waals surface area contributed by atoms with Gasteiger partial charge in [0.2, 0.25) is 0 Å². The van der Waals surface area contributed by atoms with Crippen molar-refractivity contribution >= 4 is 23.4 Å². The van der Waals surface area contributed by atoms with Crippen LogP contribution in [0.3, 0.4) is 0 Å². The van der Waals surface area contributed by atoms with Gasteiger partial charge in [-0.15, -0.1) is 10.2 Å². The van der Waals surface area contributed by atoms with Crippen molar-refractivity contribution in [1.29, 1.82) is 5.26 Å². The number of para-hydroxylation sites is 1. The van der Waals surface area contributed by atoms with Crippen LogP contribution in [0, 0.1) is 11.3 Å².